The largest absolute Gasteiger partial charge is 0.321 e. The average molecular weight is 345 g/mol. The van der Waals surface area contributed by atoms with E-state index in [0.717, 1.165) is 15.7 Å². The van der Waals surface area contributed by atoms with E-state index in [-0.39, 0.29) is 5.91 Å². The molecule has 3 aromatic rings. The number of aromatic nitrogens is 3. The van der Waals surface area contributed by atoms with E-state index < -0.39 is 0 Å². The molecule has 0 aliphatic heterocycles. The van der Waals surface area contributed by atoms with Gasteiger partial charge in [-0.15, -0.1) is 0 Å². The van der Waals surface area contributed by atoms with Crippen LogP contribution in [-0.4, -0.2) is 20.5 Å². The van der Waals surface area contributed by atoms with Crippen LogP contribution in [0, 0.1) is 13.8 Å². The zero-order valence-electron chi connectivity index (χ0n) is 11.6. The van der Waals surface area contributed by atoms with Crippen LogP contribution >= 0.6 is 15.9 Å². The maximum Gasteiger partial charge on any atom is 0.261 e. The minimum atomic E-state index is -0.217. The molecule has 0 bridgehead atoms. The number of carbonyl (C=O) groups is 1. The number of nitrogens with zero attached hydrogens (tertiary/aromatic N) is 3. The first-order valence-electron chi connectivity index (χ1n) is 6.44. The molecule has 0 atom stereocenters. The van der Waals surface area contributed by atoms with Crippen LogP contribution in [-0.2, 0) is 0 Å². The van der Waals surface area contributed by atoms with Crippen molar-refractivity contribution in [1.82, 2.24) is 14.6 Å². The Bertz CT molecular complexity index is 841. The smallest absolute Gasteiger partial charge is 0.261 e. The van der Waals surface area contributed by atoms with E-state index >= 15 is 0 Å². The highest BCUT2D eigenvalue weighted by Gasteiger charge is 2.18. The van der Waals surface area contributed by atoms with Gasteiger partial charge in [-0.05, 0) is 53.5 Å². The summed E-state index contributed by atoms with van der Waals surface area (Å²) in [6.07, 6.45) is 3.42. The molecular weight excluding hydrogens is 332 g/mol. The van der Waals surface area contributed by atoms with Crippen molar-refractivity contribution in [3.63, 3.8) is 0 Å². The van der Waals surface area contributed by atoms with Crippen molar-refractivity contribution in [3.05, 3.63) is 58.0 Å². The van der Waals surface area contributed by atoms with Gasteiger partial charge in [0.05, 0.1) is 11.4 Å². The molecule has 5 nitrogen and oxygen atoms in total. The summed E-state index contributed by atoms with van der Waals surface area (Å²) in [5, 5.41) is 7.19. The Morgan fingerprint density at radius 3 is 2.90 bits per heavy atom. The van der Waals surface area contributed by atoms with E-state index in [0.29, 0.717) is 16.9 Å². The molecule has 3 rings (SSSR count). The molecule has 1 aromatic carbocycles. The van der Waals surface area contributed by atoms with Crippen LogP contribution < -0.4 is 5.32 Å². The zero-order valence-corrected chi connectivity index (χ0v) is 13.2. The lowest BCUT2D eigenvalue weighted by Crippen LogP contribution is -2.13. The van der Waals surface area contributed by atoms with Gasteiger partial charge < -0.3 is 5.32 Å². The number of aryl methyl sites for hydroxylation is 2. The zero-order chi connectivity index (χ0) is 15.0. The second-order valence-corrected chi connectivity index (χ2v) is 5.64. The molecule has 0 fully saturated rings. The Morgan fingerprint density at radius 2 is 2.14 bits per heavy atom. The number of halogens is 1. The van der Waals surface area contributed by atoms with Crippen molar-refractivity contribution >= 4 is 33.2 Å². The van der Waals surface area contributed by atoms with Crippen molar-refractivity contribution in [2.75, 3.05) is 5.32 Å². The van der Waals surface area contributed by atoms with Crippen LogP contribution in [0.4, 0.5) is 5.69 Å². The number of nitrogens with one attached hydrogen (secondary N) is 1. The lowest BCUT2D eigenvalue weighted by Gasteiger charge is -2.07. The molecule has 1 N–H and O–H groups in total. The van der Waals surface area contributed by atoms with Crippen LogP contribution in [0.25, 0.3) is 5.65 Å². The van der Waals surface area contributed by atoms with Crippen molar-refractivity contribution < 1.29 is 4.79 Å². The van der Waals surface area contributed by atoms with E-state index in [1.807, 2.05) is 25.1 Å². The molecule has 1 amide bonds. The van der Waals surface area contributed by atoms with Crippen molar-refractivity contribution in [2.24, 2.45) is 0 Å². The van der Waals surface area contributed by atoms with E-state index in [1.165, 1.54) is 0 Å². The predicted molar refractivity (Wildman–Crippen MR) is 84.6 cm³/mol. The number of hydrogen-bond acceptors (Lipinski definition) is 3. The fourth-order valence-corrected chi connectivity index (χ4v) is 2.76. The molecule has 21 heavy (non-hydrogen) atoms. The Hall–Kier alpha value is -2.21. The molecular formula is C15H13BrN4O. The number of amides is 1. The van der Waals surface area contributed by atoms with Gasteiger partial charge in [0.1, 0.15) is 5.56 Å². The first-order chi connectivity index (χ1) is 10.1. The molecule has 0 radical (unpaired) electrons. The molecule has 2 aromatic heterocycles. The quantitative estimate of drug-likeness (QED) is 0.775. The maximum absolute atomic E-state index is 12.5. The predicted octanol–water partition coefficient (Wildman–Crippen LogP) is 3.36. The summed E-state index contributed by atoms with van der Waals surface area (Å²) >= 11 is 3.46. The van der Waals surface area contributed by atoms with Gasteiger partial charge in [-0.2, -0.15) is 5.10 Å². The van der Waals surface area contributed by atoms with Crippen molar-refractivity contribution in [2.45, 2.75) is 13.8 Å². The molecule has 6 heteroatoms. The van der Waals surface area contributed by atoms with Gasteiger partial charge in [0.2, 0.25) is 0 Å². The second kappa shape index (κ2) is 5.29. The van der Waals surface area contributed by atoms with Gasteiger partial charge in [-0.25, -0.2) is 9.50 Å². The summed E-state index contributed by atoms with van der Waals surface area (Å²) in [5.41, 5.74) is 3.53. The molecule has 0 aliphatic rings. The lowest BCUT2D eigenvalue weighted by molar-refractivity contribution is 0.102. The highest BCUT2D eigenvalue weighted by molar-refractivity contribution is 9.10. The third-order valence-corrected chi connectivity index (χ3v) is 3.83. The maximum atomic E-state index is 12.5. The highest BCUT2D eigenvalue weighted by atomic mass is 79.9. The molecule has 106 valence electrons. The Balaban J connectivity index is 1.99. The van der Waals surface area contributed by atoms with Crippen LogP contribution in [0.15, 0.2) is 41.1 Å². The molecule has 0 unspecified atom stereocenters. The Morgan fingerprint density at radius 1 is 1.33 bits per heavy atom. The molecule has 0 aliphatic carbocycles. The second-order valence-electron chi connectivity index (χ2n) is 4.79. The summed E-state index contributed by atoms with van der Waals surface area (Å²) in [4.78, 5) is 16.8. The molecule has 0 saturated carbocycles. The number of rotatable bonds is 2. The number of fused-ring (bicyclic) bond motifs is 1. The fourth-order valence-electron chi connectivity index (χ4n) is 2.17. The summed E-state index contributed by atoms with van der Waals surface area (Å²) in [5.74, 6) is -0.217. The minimum absolute atomic E-state index is 0.217. The van der Waals surface area contributed by atoms with Crippen molar-refractivity contribution in [3.8, 4) is 0 Å². The number of carbonyl (C=O) groups excluding carboxylic acids is 1. The van der Waals surface area contributed by atoms with Gasteiger partial charge in [-0.3, -0.25) is 4.79 Å². The third-order valence-electron chi connectivity index (χ3n) is 3.17. The Labute approximate surface area is 130 Å². The summed E-state index contributed by atoms with van der Waals surface area (Å²) in [7, 11) is 0. The topological polar surface area (TPSA) is 59.3 Å². The van der Waals surface area contributed by atoms with Crippen LogP contribution in [0.1, 0.15) is 21.6 Å². The van der Waals surface area contributed by atoms with E-state index in [2.05, 4.69) is 31.3 Å². The number of anilines is 1. The fraction of sp³-hybridized carbons (Fsp3) is 0.133. The van der Waals surface area contributed by atoms with Gasteiger partial charge in [0.25, 0.3) is 5.91 Å². The lowest BCUT2D eigenvalue weighted by atomic mass is 10.2. The van der Waals surface area contributed by atoms with E-state index in [9.17, 15) is 4.79 Å². The minimum Gasteiger partial charge on any atom is -0.321 e. The third kappa shape index (κ3) is 2.54. The molecule has 2 heterocycles. The molecule has 0 saturated heterocycles. The van der Waals surface area contributed by atoms with Gasteiger partial charge in [-0.1, -0.05) is 6.07 Å². The average Bonchev–Trinajstić information content (AvgIpc) is 2.77. The van der Waals surface area contributed by atoms with E-state index in [4.69, 9.17) is 0 Å². The van der Waals surface area contributed by atoms with Gasteiger partial charge in [0.15, 0.2) is 5.65 Å². The monoisotopic (exact) mass is 344 g/mol. The normalized spacial score (nSPS) is 10.8. The summed E-state index contributed by atoms with van der Waals surface area (Å²) < 4.78 is 2.45. The summed E-state index contributed by atoms with van der Waals surface area (Å²) in [6, 6.07) is 7.54. The first kappa shape index (κ1) is 13.8. The van der Waals surface area contributed by atoms with Gasteiger partial charge in [0, 0.05) is 16.9 Å². The Kier molecular flexibility index (Phi) is 3.47. The highest BCUT2D eigenvalue weighted by Crippen LogP contribution is 2.24. The van der Waals surface area contributed by atoms with Crippen LogP contribution in [0.5, 0.6) is 0 Å². The number of hydrogen-bond donors (Lipinski definition) is 1. The summed E-state index contributed by atoms with van der Waals surface area (Å²) in [6.45, 7) is 3.80. The standard InChI is InChI=1S/C15H13BrN4O/c1-9-4-5-12(11(16)8-9)18-15(21)13-10(2)19-20-7-3-6-17-14(13)20/h3-8H,1-2H3,(H,18,21). The van der Waals surface area contributed by atoms with Crippen molar-refractivity contribution in [1.29, 1.82) is 0 Å². The van der Waals surface area contributed by atoms with E-state index in [1.54, 1.807) is 29.9 Å². The van der Waals surface area contributed by atoms with Gasteiger partial charge >= 0.3 is 0 Å². The van der Waals surface area contributed by atoms with Crippen LogP contribution in [0.2, 0.25) is 0 Å². The number of benzene rings is 1. The first-order valence-corrected chi connectivity index (χ1v) is 7.23. The van der Waals surface area contributed by atoms with Crippen LogP contribution in [0.3, 0.4) is 0 Å². The SMILES string of the molecule is Cc1ccc(NC(=O)c2c(C)nn3cccnc23)c(Br)c1. The molecule has 0 spiro atoms.